The first-order valence-electron chi connectivity index (χ1n) is 11.4. The molecule has 0 saturated carbocycles. The van der Waals surface area contributed by atoms with Crippen molar-refractivity contribution in [1.29, 1.82) is 0 Å². The summed E-state index contributed by atoms with van der Waals surface area (Å²) in [5.74, 6) is -0.715. The zero-order valence-corrected chi connectivity index (χ0v) is 18.6. The number of aliphatic imine (C=N–C) groups is 1. The Morgan fingerprint density at radius 3 is 2.85 bits per heavy atom. The molecule has 5 heterocycles. The van der Waals surface area contributed by atoms with Gasteiger partial charge in [-0.15, -0.1) is 0 Å². The largest absolute Gasteiger partial charge is 0.458 e. The topological polar surface area (TPSA) is 97.0 Å². The maximum atomic E-state index is 13.5. The Hall–Kier alpha value is -3.52. The Morgan fingerprint density at radius 1 is 1.21 bits per heavy atom. The summed E-state index contributed by atoms with van der Waals surface area (Å²) in [6, 6.07) is 7.63. The van der Waals surface area contributed by atoms with Crippen LogP contribution in [0.1, 0.15) is 49.8 Å². The van der Waals surface area contributed by atoms with Gasteiger partial charge in [0.05, 0.1) is 52.1 Å². The molecule has 33 heavy (non-hydrogen) atoms. The van der Waals surface area contributed by atoms with E-state index >= 15 is 0 Å². The zero-order chi connectivity index (χ0) is 22.9. The maximum Gasteiger partial charge on any atom is 0.343 e. The quantitative estimate of drug-likeness (QED) is 0.485. The number of aliphatic hydroxyl groups is 1. The molecule has 0 spiro atoms. The number of unbranched alkanes of at least 4 members (excludes halogenated alkanes) is 1. The zero-order valence-electron chi connectivity index (χ0n) is 18.6. The molecule has 0 amide bonds. The third-order valence-electron chi connectivity index (χ3n) is 7.04. The molecule has 2 aromatic heterocycles. The number of cyclic esters (lactones) is 1. The van der Waals surface area contributed by atoms with E-state index < -0.39 is 11.6 Å². The number of aromatic nitrogens is 2. The Morgan fingerprint density at radius 2 is 2.06 bits per heavy atom. The fourth-order valence-electron chi connectivity index (χ4n) is 5.20. The van der Waals surface area contributed by atoms with E-state index in [2.05, 4.69) is 16.8 Å². The highest BCUT2D eigenvalue weighted by Crippen LogP contribution is 2.46. The van der Waals surface area contributed by atoms with Gasteiger partial charge in [-0.25, -0.2) is 14.8 Å². The minimum atomic E-state index is -1.83. The number of benzene rings is 1. The van der Waals surface area contributed by atoms with E-state index in [4.69, 9.17) is 9.72 Å². The van der Waals surface area contributed by atoms with Crippen molar-refractivity contribution in [1.82, 2.24) is 9.55 Å². The molecule has 0 radical (unpaired) electrons. The first-order valence-corrected chi connectivity index (χ1v) is 11.4. The van der Waals surface area contributed by atoms with Crippen LogP contribution in [-0.2, 0) is 28.3 Å². The van der Waals surface area contributed by atoms with Gasteiger partial charge in [0.1, 0.15) is 6.61 Å². The molecule has 1 N–H and O–H groups in total. The number of nitrogens with zero attached hydrogens (tertiary/aromatic N) is 4. The Kier molecular flexibility index (Phi) is 4.26. The lowest BCUT2D eigenvalue weighted by Crippen LogP contribution is -2.44. The third kappa shape index (κ3) is 2.61. The molecule has 1 unspecified atom stereocenters. The van der Waals surface area contributed by atoms with Crippen molar-refractivity contribution in [3.8, 4) is 11.4 Å². The fraction of sp³-hybridized carbons (Fsp3) is 0.360. The predicted molar refractivity (Wildman–Crippen MR) is 125 cm³/mol. The van der Waals surface area contributed by atoms with Crippen LogP contribution in [0.2, 0.25) is 0 Å². The number of hydrogen-bond acceptors (Lipinski definition) is 7. The molecule has 168 valence electrons. The third-order valence-corrected chi connectivity index (χ3v) is 7.04. The highest BCUT2D eigenvalue weighted by Gasteiger charge is 2.45. The lowest BCUT2D eigenvalue weighted by molar-refractivity contribution is -0.172. The molecule has 0 fully saturated rings. The van der Waals surface area contributed by atoms with E-state index in [9.17, 15) is 14.7 Å². The molecule has 3 aromatic rings. The van der Waals surface area contributed by atoms with Crippen LogP contribution < -0.4 is 10.5 Å². The molecule has 1 aromatic carbocycles. The van der Waals surface area contributed by atoms with E-state index in [1.807, 2.05) is 24.5 Å². The number of fused-ring (bicyclic) bond motifs is 5. The number of carbonyl (C=O) groups excluding carboxylic acids is 1. The number of carbonyl (C=O) groups is 1. The summed E-state index contributed by atoms with van der Waals surface area (Å²) in [5.41, 5.74) is 3.59. The predicted octanol–water partition coefficient (Wildman–Crippen LogP) is 3.36. The fourth-order valence-corrected chi connectivity index (χ4v) is 5.20. The minimum Gasteiger partial charge on any atom is -0.458 e. The summed E-state index contributed by atoms with van der Waals surface area (Å²) < 4.78 is 6.86. The molecular formula is C25H24N4O4. The minimum absolute atomic E-state index is 0.121. The van der Waals surface area contributed by atoms with Crippen molar-refractivity contribution in [3.05, 3.63) is 51.3 Å². The molecule has 1 atom stereocenters. The summed E-state index contributed by atoms with van der Waals surface area (Å²) in [4.78, 5) is 37.7. The van der Waals surface area contributed by atoms with E-state index in [0.29, 0.717) is 29.1 Å². The van der Waals surface area contributed by atoms with Gasteiger partial charge in [-0.05, 0) is 31.0 Å². The highest BCUT2D eigenvalue weighted by atomic mass is 16.6. The molecule has 0 saturated heterocycles. The van der Waals surface area contributed by atoms with Gasteiger partial charge in [0.15, 0.2) is 5.60 Å². The molecule has 3 aliphatic rings. The summed E-state index contributed by atoms with van der Waals surface area (Å²) in [6.07, 6.45) is 4.05. The average molecular weight is 444 g/mol. The van der Waals surface area contributed by atoms with E-state index in [-0.39, 0.29) is 18.6 Å². The van der Waals surface area contributed by atoms with Crippen LogP contribution in [-0.4, -0.2) is 33.5 Å². The van der Waals surface area contributed by atoms with Crippen molar-refractivity contribution in [3.63, 3.8) is 0 Å². The van der Waals surface area contributed by atoms with Gasteiger partial charge < -0.3 is 19.3 Å². The summed E-state index contributed by atoms with van der Waals surface area (Å²) in [6.45, 7) is 4.92. The van der Waals surface area contributed by atoms with Crippen molar-refractivity contribution < 1.29 is 14.6 Å². The lowest BCUT2D eigenvalue weighted by atomic mass is 9.86. The smallest absolute Gasteiger partial charge is 0.343 e. The van der Waals surface area contributed by atoms with Gasteiger partial charge in [0, 0.05) is 17.7 Å². The van der Waals surface area contributed by atoms with Crippen LogP contribution in [0.25, 0.3) is 22.3 Å². The molecule has 6 rings (SSSR count). The van der Waals surface area contributed by atoms with Gasteiger partial charge >= 0.3 is 5.97 Å². The molecular weight excluding hydrogens is 420 g/mol. The number of pyridine rings is 2. The van der Waals surface area contributed by atoms with Crippen LogP contribution in [0.15, 0.2) is 34.1 Å². The molecule has 3 aliphatic heterocycles. The molecule has 8 heteroatoms. The van der Waals surface area contributed by atoms with Crippen LogP contribution in [0.3, 0.4) is 0 Å². The SMILES string of the molecule is CCCCN1C=Nc2cccc3nc4c(c1c23)Cn1c-4cc2c(c1=O)COC(=O)C2(O)CC. The van der Waals surface area contributed by atoms with Gasteiger partial charge in [-0.2, -0.15) is 0 Å². The molecule has 0 aliphatic carbocycles. The standard InChI is InChI=1S/C25H24N4O4/c1-3-5-9-28-13-26-17-7-6-8-18-20(17)22(28)14-11-29-19(21(14)27-18)10-16-15(23(29)30)12-33-24(31)25(16,32)4-2/h6-8,10,13,32H,3-5,9,11-12H2,1-2H3. The van der Waals surface area contributed by atoms with Crippen LogP contribution in [0, 0.1) is 0 Å². The van der Waals surface area contributed by atoms with Crippen molar-refractivity contribution in [2.75, 3.05) is 11.4 Å². The van der Waals surface area contributed by atoms with Crippen LogP contribution in [0.4, 0.5) is 11.4 Å². The second kappa shape index (κ2) is 6.99. The van der Waals surface area contributed by atoms with Crippen molar-refractivity contribution in [2.24, 2.45) is 4.99 Å². The maximum absolute atomic E-state index is 13.5. The number of ether oxygens (including phenoxy) is 1. The Bertz CT molecular complexity index is 1440. The highest BCUT2D eigenvalue weighted by molar-refractivity contribution is 6.11. The van der Waals surface area contributed by atoms with E-state index in [1.54, 1.807) is 17.6 Å². The second-order valence-corrected chi connectivity index (χ2v) is 8.85. The molecule has 8 nitrogen and oxygen atoms in total. The number of anilines is 1. The van der Waals surface area contributed by atoms with E-state index in [1.165, 1.54) is 0 Å². The van der Waals surface area contributed by atoms with Gasteiger partial charge in [-0.1, -0.05) is 26.3 Å². The second-order valence-electron chi connectivity index (χ2n) is 8.85. The van der Waals surface area contributed by atoms with Gasteiger partial charge in [0.2, 0.25) is 0 Å². The summed E-state index contributed by atoms with van der Waals surface area (Å²) >= 11 is 0. The van der Waals surface area contributed by atoms with E-state index in [0.717, 1.165) is 47.2 Å². The summed E-state index contributed by atoms with van der Waals surface area (Å²) in [5, 5.41) is 12.1. The summed E-state index contributed by atoms with van der Waals surface area (Å²) in [7, 11) is 0. The first-order chi connectivity index (χ1) is 16.0. The number of rotatable bonds is 4. The van der Waals surface area contributed by atoms with Crippen molar-refractivity contribution >= 4 is 34.6 Å². The lowest BCUT2D eigenvalue weighted by Gasteiger charge is -2.31. The Balaban J connectivity index is 1.63. The average Bonchev–Trinajstić information content (AvgIpc) is 3.20. The monoisotopic (exact) mass is 444 g/mol. The number of hydrogen-bond donors (Lipinski definition) is 1. The van der Waals surface area contributed by atoms with Crippen molar-refractivity contribution in [2.45, 2.75) is 51.9 Å². The van der Waals surface area contributed by atoms with Gasteiger partial charge in [-0.3, -0.25) is 4.79 Å². The van der Waals surface area contributed by atoms with Gasteiger partial charge in [0.25, 0.3) is 5.56 Å². The van der Waals surface area contributed by atoms with Crippen LogP contribution >= 0.6 is 0 Å². The van der Waals surface area contributed by atoms with Crippen LogP contribution in [0.5, 0.6) is 0 Å². The molecule has 0 bridgehead atoms. The Labute approximate surface area is 190 Å². The number of esters is 1. The first kappa shape index (κ1) is 20.1. The normalized spacial score (nSPS) is 20.0.